The average Bonchev–Trinajstić information content (AvgIpc) is 2.89. The van der Waals surface area contributed by atoms with Crippen molar-refractivity contribution in [2.24, 2.45) is 4.99 Å². The first-order valence-electron chi connectivity index (χ1n) is 9.54. The number of guanidine groups is 1. The Morgan fingerprint density at radius 2 is 1.79 bits per heavy atom. The van der Waals surface area contributed by atoms with Crippen LogP contribution in [0, 0.1) is 6.92 Å². The van der Waals surface area contributed by atoms with Gasteiger partial charge in [0.05, 0.1) is 19.8 Å². The Hall–Kier alpha value is -3.15. The summed E-state index contributed by atoms with van der Waals surface area (Å²) < 4.78 is 17.4. The Bertz CT molecular complexity index is 994. The third kappa shape index (κ3) is 3.91. The summed E-state index contributed by atoms with van der Waals surface area (Å²) in [6, 6.07) is 14.1. The van der Waals surface area contributed by atoms with E-state index in [1.165, 1.54) is 0 Å². The van der Waals surface area contributed by atoms with Gasteiger partial charge in [0, 0.05) is 31.0 Å². The van der Waals surface area contributed by atoms with Crippen LogP contribution in [0.25, 0.3) is 11.0 Å². The van der Waals surface area contributed by atoms with E-state index in [9.17, 15) is 0 Å². The molecule has 0 bridgehead atoms. The summed E-state index contributed by atoms with van der Waals surface area (Å²) in [5, 5.41) is 7.80. The van der Waals surface area contributed by atoms with Gasteiger partial charge in [-0.2, -0.15) is 0 Å². The van der Waals surface area contributed by atoms with E-state index in [0.717, 1.165) is 45.8 Å². The highest BCUT2D eigenvalue weighted by molar-refractivity contribution is 5.83. The molecule has 2 N–H and O–H groups in total. The second kappa shape index (κ2) is 8.25. The lowest BCUT2D eigenvalue weighted by molar-refractivity contribution is 0.297. The highest BCUT2D eigenvalue weighted by Crippen LogP contribution is 2.30. The molecule has 146 valence electrons. The van der Waals surface area contributed by atoms with Crippen LogP contribution < -0.4 is 20.1 Å². The van der Waals surface area contributed by atoms with Gasteiger partial charge in [-0.15, -0.1) is 0 Å². The zero-order valence-corrected chi connectivity index (χ0v) is 16.2. The second-order valence-corrected chi connectivity index (χ2v) is 6.76. The lowest BCUT2D eigenvalue weighted by Gasteiger charge is -2.13. The van der Waals surface area contributed by atoms with Gasteiger partial charge in [0.15, 0.2) is 17.5 Å². The largest absolute Gasteiger partial charge is 0.490 e. The van der Waals surface area contributed by atoms with Gasteiger partial charge in [-0.3, -0.25) is 4.99 Å². The molecular formula is C22H25N3O3. The van der Waals surface area contributed by atoms with Crippen molar-refractivity contribution in [2.45, 2.75) is 26.4 Å². The highest BCUT2D eigenvalue weighted by Gasteiger charge is 2.12. The molecular weight excluding hydrogens is 354 g/mol. The first kappa shape index (κ1) is 18.2. The summed E-state index contributed by atoms with van der Waals surface area (Å²) >= 11 is 0. The fourth-order valence-corrected chi connectivity index (χ4v) is 3.28. The predicted octanol–water partition coefficient (Wildman–Crippen LogP) is 3.77. The van der Waals surface area contributed by atoms with E-state index in [1.807, 2.05) is 36.4 Å². The molecule has 28 heavy (non-hydrogen) atoms. The molecule has 0 atom stereocenters. The lowest BCUT2D eigenvalue weighted by Crippen LogP contribution is -2.36. The summed E-state index contributed by atoms with van der Waals surface area (Å²) in [4.78, 5) is 4.30. The Balaban J connectivity index is 1.37. The third-order valence-corrected chi connectivity index (χ3v) is 4.85. The Kier molecular flexibility index (Phi) is 5.37. The van der Waals surface area contributed by atoms with E-state index < -0.39 is 0 Å². The second-order valence-electron chi connectivity index (χ2n) is 6.76. The molecule has 1 aliphatic heterocycles. The molecule has 0 fully saturated rings. The smallest absolute Gasteiger partial charge is 0.191 e. The molecule has 0 spiro atoms. The SMILES string of the molecule is CN=C(NCc1ccc2c(c1)OCCCO2)NCc1oc2ccccc2c1C. The van der Waals surface area contributed by atoms with Crippen LogP contribution in [0.1, 0.15) is 23.3 Å². The van der Waals surface area contributed by atoms with Crippen molar-refractivity contribution in [1.82, 2.24) is 10.6 Å². The predicted molar refractivity (Wildman–Crippen MR) is 110 cm³/mol. The molecule has 1 aromatic heterocycles. The number of hydrogen-bond donors (Lipinski definition) is 2. The van der Waals surface area contributed by atoms with Gasteiger partial charge in [0.1, 0.15) is 11.3 Å². The van der Waals surface area contributed by atoms with E-state index in [-0.39, 0.29) is 0 Å². The average molecular weight is 379 g/mol. The number of aryl methyl sites for hydroxylation is 1. The molecule has 2 aromatic carbocycles. The van der Waals surface area contributed by atoms with Gasteiger partial charge in [0.2, 0.25) is 0 Å². The first-order chi connectivity index (χ1) is 13.7. The van der Waals surface area contributed by atoms with Crippen LogP contribution in [0.2, 0.25) is 0 Å². The van der Waals surface area contributed by atoms with Crippen LogP contribution in [0.5, 0.6) is 11.5 Å². The molecule has 0 radical (unpaired) electrons. The van der Waals surface area contributed by atoms with Crippen molar-refractivity contribution < 1.29 is 13.9 Å². The lowest BCUT2D eigenvalue weighted by atomic mass is 10.1. The van der Waals surface area contributed by atoms with E-state index >= 15 is 0 Å². The number of nitrogens with zero attached hydrogens (tertiary/aromatic N) is 1. The molecule has 4 rings (SSSR count). The topological polar surface area (TPSA) is 68.0 Å². The fraction of sp³-hybridized carbons (Fsp3) is 0.318. The van der Waals surface area contributed by atoms with Gasteiger partial charge in [-0.1, -0.05) is 24.3 Å². The Morgan fingerprint density at radius 1 is 1.00 bits per heavy atom. The van der Waals surface area contributed by atoms with E-state index in [4.69, 9.17) is 13.9 Å². The molecule has 6 nitrogen and oxygen atoms in total. The van der Waals surface area contributed by atoms with Gasteiger partial charge in [-0.25, -0.2) is 0 Å². The molecule has 0 saturated heterocycles. The first-order valence-corrected chi connectivity index (χ1v) is 9.54. The molecule has 3 aromatic rings. The molecule has 2 heterocycles. The highest BCUT2D eigenvalue weighted by atomic mass is 16.5. The molecule has 1 aliphatic rings. The molecule has 0 aliphatic carbocycles. The summed E-state index contributed by atoms with van der Waals surface area (Å²) in [6.07, 6.45) is 0.903. The van der Waals surface area contributed by atoms with Crippen molar-refractivity contribution in [1.29, 1.82) is 0 Å². The number of benzene rings is 2. The Morgan fingerprint density at radius 3 is 2.61 bits per heavy atom. The molecule has 0 unspecified atom stereocenters. The maximum Gasteiger partial charge on any atom is 0.191 e. The van der Waals surface area contributed by atoms with E-state index in [2.05, 4.69) is 28.6 Å². The number of ether oxygens (including phenoxy) is 2. The minimum atomic E-state index is 0.571. The molecule has 0 saturated carbocycles. The van der Waals surface area contributed by atoms with Gasteiger partial charge >= 0.3 is 0 Å². The fourth-order valence-electron chi connectivity index (χ4n) is 3.28. The maximum atomic E-state index is 5.95. The summed E-state index contributed by atoms with van der Waals surface area (Å²) in [6.45, 7) is 4.67. The van der Waals surface area contributed by atoms with Crippen molar-refractivity contribution in [2.75, 3.05) is 20.3 Å². The van der Waals surface area contributed by atoms with Gasteiger partial charge in [-0.05, 0) is 30.7 Å². The number of fused-ring (bicyclic) bond motifs is 2. The minimum Gasteiger partial charge on any atom is -0.490 e. The number of hydrogen-bond acceptors (Lipinski definition) is 4. The number of aliphatic imine (C=N–C) groups is 1. The summed E-state index contributed by atoms with van der Waals surface area (Å²) in [5.74, 6) is 3.24. The van der Waals surface area contributed by atoms with Crippen LogP contribution in [-0.2, 0) is 13.1 Å². The number of nitrogens with one attached hydrogen (secondary N) is 2. The van der Waals surface area contributed by atoms with E-state index in [0.29, 0.717) is 32.3 Å². The van der Waals surface area contributed by atoms with Crippen LogP contribution in [0.4, 0.5) is 0 Å². The zero-order chi connectivity index (χ0) is 19.3. The van der Waals surface area contributed by atoms with Crippen molar-refractivity contribution in [3.63, 3.8) is 0 Å². The quantitative estimate of drug-likeness (QED) is 0.534. The van der Waals surface area contributed by atoms with Crippen LogP contribution in [0.15, 0.2) is 51.9 Å². The minimum absolute atomic E-state index is 0.571. The Labute approximate surface area is 164 Å². The summed E-state index contributed by atoms with van der Waals surface area (Å²) in [7, 11) is 1.76. The van der Waals surface area contributed by atoms with Crippen molar-refractivity contribution in [3.8, 4) is 11.5 Å². The third-order valence-electron chi connectivity index (χ3n) is 4.85. The van der Waals surface area contributed by atoms with Gasteiger partial charge < -0.3 is 24.5 Å². The standard InChI is InChI=1S/C22H25N3O3/c1-15-17-6-3-4-7-18(17)28-21(15)14-25-22(23-2)24-13-16-8-9-19-20(12-16)27-11-5-10-26-19/h3-4,6-9,12H,5,10-11,13-14H2,1-2H3,(H2,23,24,25). The van der Waals surface area contributed by atoms with E-state index in [1.54, 1.807) is 7.05 Å². The zero-order valence-electron chi connectivity index (χ0n) is 16.2. The van der Waals surface area contributed by atoms with Crippen molar-refractivity contribution in [3.05, 3.63) is 59.4 Å². The molecule has 6 heteroatoms. The number of para-hydroxylation sites is 1. The molecule has 0 amide bonds. The number of furan rings is 1. The van der Waals surface area contributed by atoms with Crippen molar-refractivity contribution >= 4 is 16.9 Å². The summed E-state index contributed by atoms with van der Waals surface area (Å²) in [5.41, 5.74) is 3.17. The van der Waals surface area contributed by atoms with Crippen LogP contribution in [0.3, 0.4) is 0 Å². The maximum absolute atomic E-state index is 5.95. The van der Waals surface area contributed by atoms with Crippen LogP contribution >= 0.6 is 0 Å². The normalized spacial score (nSPS) is 14.0. The van der Waals surface area contributed by atoms with Gasteiger partial charge in [0.25, 0.3) is 0 Å². The monoisotopic (exact) mass is 379 g/mol. The van der Waals surface area contributed by atoms with Crippen LogP contribution in [-0.4, -0.2) is 26.2 Å². The number of rotatable bonds is 4.